The smallest absolute Gasteiger partial charge is 0.297 e. The average molecular weight is 356 g/mol. The molecular formula is C17H24O6S. The fourth-order valence-corrected chi connectivity index (χ4v) is 4.00. The number of hydrogen-bond donors (Lipinski definition) is 1. The Morgan fingerprint density at radius 1 is 1.29 bits per heavy atom. The van der Waals surface area contributed by atoms with Crippen LogP contribution >= 0.6 is 0 Å². The number of carbonyl (C=O) groups excluding carboxylic acids is 1. The van der Waals surface area contributed by atoms with E-state index in [1.54, 1.807) is 32.9 Å². The molecule has 6 nitrogen and oxygen atoms in total. The lowest BCUT2D eigenvalue weighted by Gasteiger charge is -2.31. The Labute approximate surface area is 142 Å². The van der Waals surface area contributed by atoms with Crippen LogP contribution in [0, 0.1) is 12.3 Å². The second-order valence-electron chi connectivity index (χ2n) is 6.84. The Hall–Kier alpha value is -1.28. The van der Waals surface area contributed by atoms with Crippen LogP contribution in [0.2, 0.25) is 0 Å². The molecule has 0 bridgehead atoms. The van der Waals surface area contributed by atoms with Crippen LogP contribution in [0.4, 0.5) is 0 Å². The number of aliphatic hydroxyl groups excluding tert-OH is 1. The molecule has 0 amide bonds. The molecule has 0 aliphatic carbocycles. The van der Waals surface area contributed by atoms with Crippen LogP contribution in [-0.2, 0) is 23.8 Å². The van der Waals surface area contributed by atoms with Gasteiger partial charge in [-0.1, -0.05) is 17.7 Å². The first kappa shape index (κ1) is 19.1. The molecule has 0 radical (unpaired) electrons. The molecule has 0 unspecified atom stereocenters. The highest BCUT2D eigenvalue weighted by Gasteiger charge is 2.60. The summed E-state index contributed by atoms with van der Waals surface area (Å²) < 4.78 is 35.4. The van der Waals surface area contributed by atoms with E-state index in [-0.39, 0.29) is 17.3 Å². The van der Waals surface area contributed by atoms with Gasteiger partial charge in [0.2, 0.25) is 0 Å². The van der Waals surface area contributed by atoms with Crippen LogP contribution in [0.15, 0.2) is 29.2 Å². The first-order chi connectivity index (χ1) is 10.9. The maximum atomic E-state index is 12.3. The third kappa shape index (κ3) is 3.13. The monoisotopic (exact) mass is 356 g/mol. The van der Waals surface area contributed by atoms with E-state index in [1.165, 1.54) is 19.1 Å². The maximum Gasteiger partial charge on any atom is 0.297 e. The number of ketones is 1. The van der Waals surface area contributed by atoms with Crippen molar-refractivity contribution in [3.8, 4) is 0 Å². The lowest BCUT2D eigenvalue weighted by Crippen LogP contribution is -2.49. The van der Waals surface area contributed by atoms with E-state index in [1.807, 2.05) is 6.92 Å². The highest BCUT2D eigenvalue weighted by Crippen LogP contribution is 2.45. The molecule has 1 aliphatic rings. The number of aliphatic hydroxyl groups is 1. The first-order valence-electron chi connectivity index (χ1n) is 7.76. The Balaban J connectivity index is 2.19. The molecule has 134 valence electrons. The van der Waals surface area contributed by atoms with E-state index in [9.17, 15) is 18.3 Å². The average Bonchev–Trinajstić information content (AvgIpc) is 2.68. The van der Waals surface area contributed by atoms with Crippen molar-refractivity contribution in [3.05, 3.63) is 29.8 Å². The predicted octanol–water partition coefficient (Wildman–Crippen LogP) is 1.83. The predicted molar refractivity (Wildman–Crippen MR) is 88.1 cm³/mol. The summed E-state index contributed by atoms with van der Waals surface area (Å²) in [6, 6.07) is 6.27. The van der Waals surface area contributed by atoms with E-state index >= 15 is 0 Å². The minimum Gasteiger partial charge on any atom is -0.389 e. The zero-order valence-electron chi connectivity index (χ0n) is 14.6. The van der Waals surface area contributed by atoms with Gasteiger partial charge in [-0.05, 0) is 46.8 Å². The van der Waals surface area contributed by atoms with Gasteiger partial charge in [-0.15, -0.1) is 0 Å². The van der Waals surface area contributed by atoms with Gasteiger partial charge in [0.05, 0.1) is 29.1 Å². The van der Waals surface area contributed by atoms with Gasteiger partial charge in [-0.25, -0.2) is 0 Å². The van der Waals surface area contributed by atoms with Gasteiger partial charge in [0.15, 0.2) is 0 Å². The van der Waals surface area contributed by atoms with Gasteiger partial charge >= 0.3 is 0 Å². The second kappa shape index (κ2) is 6.22. The van der Waals surface area contributed by atoms with Crippen molar-refractivity contribution >= 4 is 15.9 Å². The summed E-state index contributed by atoms with van der Waals surface area (Å²) in [5.74, 6) is -0.215. The normalized spacial score (nSPS) is 33.6. The topological polar surface area (TPSA) is 89.9 Å². The van der Waals surface area contributed by atoms with Gasteiger partial charge in [0.25, 0.3) is 10.1 Å². The Bertz CT molecular complexity index is 726. The molecule has 1 fully saturated rings. The van der Waals surface area contributed by atoms with Crippen molar-refractivity contribution in [1.29, 1.82) is 0 Å². The SMILES string of the molecule is CC(=O)[C@]1(C)[C@H](C)O[C@](C)(COS(=O)(=O)c2ccc(C)cc2)[C@H]1O. The Morgan fingerprint density at radius 3 is 2.29 bits per heavy atom. The lowest BCUT2D eigenvalue weighted by molar-refractivity contribution is -0.132. The molecular weight excluding hydrogens is 332 g/mol. The van der Waals surface area contributed by atoms with E-state index in [0.29, 0.717) is 0 Å². The quantitative estimate of drug-likeness (QED) is 0.810. The number of hydrogen-bond acceptors (Lipinski definition) is 6. The highest BCUT2D eigenvalue weighted by molar-refractivity contribution is 7.86. The van der Waals surface area contributed by atoms with Crippen LogP contribution in [0.3, 0.4) is 0 Å². The van der Waals surface area contributed by atoms with Crippen LogP contribution < -0.4 is 0 Å². The van der Waals surface area contributed by atoms with E-state index in [2.05, 4.69) is 0 Å². The van der Waals surface area contributed by atoms with E-state index in [4.69, 9.17) is 8.92 Å². The largest absolute Gasteiger partial charge is 0.389 e. The molecule has 7 heteroatoms. The maximum absolute atomic E-state index is 12.3. The Morgan fingerprint density at radius 2 is 1.83 bits per heavy atom. The molecule has 0 saturated carbocycles. The summed E-state index contributed by atoms with van der Waals surface area (Å²) >= 11 is 0. The van der Waals surface area contributed by atoms with Crippen LogP contribution in [0.5, 0.6) is 0 Å². The second-order valence-corrected chi connectivity index (χ2v) is 8.46. The third-order valence-corrected chi connectivity index (χ3v) is 6.28. The molecule has 24 heavy (non-hydrogen) atoms. The molecule has 0 aromatic heterocycles. The molecule has 1 heterocycles. The van der Waals surface area contributed by atoms with Gasteiger partial charge in [-0.2, -0.15) is 8.42 Å². The zero-order valence-corrected chi connectivity index (χ0v) is 15.4. The molecule has 2 rings (SSSR count). The Kier molecular flexibility index (Phi) is 4.94. The van der Waals surface area contributed by atoms with Crippen molar-refractivity contribution in [2.24, 2.45) is 5.41 Å². The third-order valence-electron chi connectivity index (χ3n) is 5.01. The molecule has 1 N–H and O–H groups in total. The van der Waals surface area contributed by atoms with Gasteiger partial charge in [-0.3, -0.25) is 8.98 Å². The molecule has 1 aromatic carbocycles. The molecule has 0 spiro atoms. The number of Topliss-reactive ketones (excluding diaryl/α,β-unsaturated/α-hetero) is 1. The standard InChI is InChI=1S/C17H24O6S/c1-11-6-8-14(9-7-11)24(20,21)22-10-16(4)15(19)17(5,12(2)18)13(3)23-16/h6-9,13,15,19H,10H2,1-5H3/t13-,15+,16+,17+/m0/s1. The van der Waals surface area contributed by atoms with Gasteiger partial charge in [0.1, 0.15) is 11.4 Å². The van der Waals surface area contributed by atoms with Gasteiger partial charge < -0.3 is 9.84 Å². The molecule has 4 atom stereocenters. The minimum atomic E-state index is -3.98. The van der Waals surface area contributed by atoms with Crippen molar-refractivity contribution < 1.29 is 27.2 Å². The summed E-state index contributed by atoms with van der Waals surface area (Å²) in [6.07, 6.45) is -1.73. The summed E-state index contributed by atoms with van der Waals surface area (Å²) in [7, 11) is -3.98. The van der Waals surface area contributed by atoms with Crippen molar-refractivity contribution in [2.75, 3.05) is 6.61 Å². The summed E-state index contributed by atoms with van der Waals surface area (Å²) in [4.78, 5) is 12.0. The van der Waals surface area contributed by atoms with Gasteiger partial charge in [0, 0.05) is 0 Å². The number of rotatable bonds is 5. The number of benzene rings is 1. The van der Waals surface area contributed by atoms with Crippen LogP contribution in [0.25, 0.3) is 0 Å². The number of aryl methyl sites for hydroxylation is 1. The lowest BCUT2D eigenvalue weighted by atomic mass is 9.74. The molecule has 1 aliphatic heterocycles. The molecule has 1 aromatic rings. The molecule has 1 saturated heterocycles. The first-order valence-corrected chi connectivity index (χ1v) is 9.17. The van der Waals surface area contributed by atoms with E-state index in [0.717, 1.165) is 5.56 Å². The summed E-state index contributed by atoms with van der Waals surface area (Å²) in [5.41, 5.74) is -1.47. The highest BCUT2D eigenvalue weighted by atomic mass is 32.2. The summed E-state index contributed by atoms with van der Waals surface area (Å²) in [6.45, 7) is 7.71. The van der Waals surface area contributed by atoms with Crippen LogP contribution in [0.1, 0.15) is 33.3 Å². The summed E-state index contributed by atoms with van der Waals surface area (Å²) in [5, 5.41) is 10.6. The van der Waals surface area contributed by atoms with Crippen LogP contribution in [-0.4, -0.2) is 43.7 Å². The zero-order chi connectivity index (χ0) is 18.3. The van der Waals surface area contributed by atoms with Crippen molar-refractivity contribution in [3.63, 3.8) is 0 Å². The fraction of sp³-hybridized carbons (Fsp3) is 0.588. The number of carbonyl (C=O) groups is 1. The minimum absolute atomic E-state index is 0.0339. The fourth-order valence-electron chi connectivity index (χ4n) is 3.01. The number of ether oxygens (including phenoxy) is 1. The van der Waals surface area contributed by atoms with Crippen molar-refractivity contribution in [2.45, 2.75) is 57.3 Å². The van der Waals surface area contributed by atoms with E-state index < -0.39 is 33.3 Å². The van der Waals surface area contributed by atoms with Crippen molar-refractivity contribution in [1.82, 2.24) is 0 Å².